The number of rotatable bonds is 6. The summed E-state index contributed by atoms with van der Waals surface area (Å²) in [6, 6.07) is 39.3. The molecule has 0 atom stereocenters. The summed E-state index contributed by atoms with van der Waals surface area (Å²) in [5.74, 6) is 0. The minimum Gasteiger partial charge on any atom is -0.256 e. The molecule has 1 heterocycles. The van der Waals surface area contributed by atoms with E-state index in [1.165, 1.54) is 5.39 Å². The largest absolute Gasteiger partial charge is 0.256 e. The Morgan fingerprint density at radius 3 is 2.03 bits per heavy atom. The zero-order valence-corrected chi connectivity index (χ0v) is 19.7. The molecule has 0 spiro atoms. The second-order valence-electron chi connectivity index (χ2n) is 8.44. The molecule has 0 aliphatic heterocycles. The maximum atomic E-state index is 5.04. The van der Waals surface area contributed by atoms with Crippen LogP contribution < -0.4 is 0 Å². The van der Waals surface area contributed by atoms with E-state index in [4.69, 9.17) is 4.99 Å². The van der Waals surface area contributed by atoms with Gasteiger partial charge in [-0.3, -0.25) is 9.98 Å². The van der Waals surface area contributed by atoms with E-state index >= 15 is 0 Å². The summed E-state index contributed by atoms with van der Waals surface area (Å²) in [4.78, 5) is 9.69. The van der Waals surface area contributed by atoms with Crippen LogP contribution in [0.5, 0.6) is 0 Å². The van der Waals surface area contributed by atoms with Crippen molar-refractivity contribution in [1.82, 2.24) is 4.98 Å². The van der Waals surface area contributed by atoms with E-state index in [-0.39, 0.29) is 0 Å². The SMILES string of the molecule is C=C(/C=C(\N=C(C)c1ccc(-c2nccc3ccccc23)cc1)c1ccccc1)c1ccccc1. The van der Waals surface area contributed by atoms with E-state index in [9.17, 15) is 0 Å². The van der Waals surface area contributed by atoms with E-state index in [0.29, 0.717) is 0 Å². The molecule has 0 bridgehead atoms. The van der Waals surface area contributed by atoms with Crippen LogP contribution in [-0.4, -0.2) is 10.7 Å². The standard InChI is InChI=1S/C33H26N2/c1-24(26-11-5-3-6-12-26)23-32(29-14-7-4-8-15-29)35-25(2)27-17-19-30(20-18-27)33-31-16-10-9-13-28(31)21-22-34-33/h3-23H,1H2,2H3/b32-23-,35-25?. The lowest BCUT2D eigenvalue weighted by atomic mass is 10.0. The van der Waals surface area contributed by atoms with Crippen LogP contribution in [0.1, 0.15) is 23.6 Å². The normalized spacial score (nSPS) is 12.0. The number of aliphatic imine (C=N–C) groups is 1. The van der Waals surface area contributed by atoms with Crippen LogP contribution >= 0.6 is 0 Å². The number of nitrogens with zero attached hydrogens (tertiary/aromatic N) is 2. The first kappa shape index (κ1) is 22.2. The molecule has 0 aliphatic carbocycles. The topological polar surface area (TPSA) is 25.2 Å². The van der Waals surface area contributed by atoms with Gasteiger partial charge in [-0.1, -0.05) is 116 Å². The summed E-state index contributed by atoms with van der Waals surface area (Å²) in [7, 11) is 0. The first-order chi connectivity index (χ1) is 17.2. The van der Waals surface area contributed by atoms with E-state index < -0.39 is 0 Å². The van der Waals surface area contributed by atoms with Crippen molar-refractivity contribution in [3.8, 4) is 11.3 Å². The first-order valence-electron chi connectivity index (χ1n) is 11.7. The van der Waals surface area contributed by atoms with Gasteiger partial charge in [-0.05, 0) is 41.2 Å². The van der Waals surface area contributed by atoms with Crippen molar-refractivity contribution in [2.45, 2.75) is 6.92 Å². The number of hydrogen-bond donors (Lipinski definition) is 0. The summed E-state index contributed by atoms with van der Waals surface area (Å²) in [6.45, 7) is 6.34. The molecule has 5 rings (SSSR count). The lowest BCUT2D eigenvalue weighted by molar-refractivity contribution is 1.35. The van der Waals surface area contributed by atoms with Gasteiger partial charge < -0.3 is 0 Å². The molecular formula is C33H26N2. The van der Waals surface area contributed by atoms with Crippen LogP contribution in [0.2, 0.25) is 0 Å². The van der Waals surface area contributed by atoms with Crippen molar-refractivity contribution in [3.63, 3.8) is 0 Å². The zero-order chi connectivity index (χ0) is 24.0. The van der Waals surface area contributed by atoms with Crippen LogP contribution in [0.25, 0.3) is 33.3 Å². The number of pyridine rings is 1. The van der Waals surface area contributed by atoms with Crippen LogP contribution in [-0.2, 0) is 0 Å². The fourth-order valence-electron chi connectivity index (χ4n) is 4.15. The molecule has 0 aliphatic rings. The van der Waals surface area contributed by atoms with Gasteiger partial charge in [0.25, 0.3) is 0 Å². The van der Waals surface area contributed by atoms with Crippen molar-refractivity contribution in [2.24, 2.45) is 4.99 Å². The second-order valence-corrected chi connectivity index (χ2v) is 8.44. The number of hydrogen-bond acceptors (Lipinski definition) is 2. The van der Waals surface area contributed by atoms with Crippen LogP contribution in [0.3, 0.4) is 0 Å². The molecule has 0 saturated heterocycles. The maximum Gasteiger partial charge on any atom is 0.0780 e. The van der Waals surface area contributed by atoms with Crippen molar-refractivity contribution in [3.05, 3.63) is 151 Å². The molecule has 0 amide bonds. The third-order valence-corrected chi connectivity index (χ3v) is 6.06. The lowest BCUT2D eigenvalue weighted by Crippen LogP contribution is -1.96. The Balaban J connectivity index is 1.49. The minimum absolute atomic E-state index is 0.886. The van der Waals surface area contributed by atoms with E-state index in [0.717, 1.165) is 50.3 Å². The molecule has 1 aromatic heterocycles. The van der Waals surface area contributed by atoms with Crippen LogP contribution in [0.15, 0.2) is 139 Å². The molecule has 2 nitrogen and oxygen atoms in total. The number of allylic oxidation sites excluding steroid dienone is 2. The molecule has 168 valence electrons. The van der Waals surface area contributed by atoms with Gasteiger partial charge >= 0.3 is 0 Å². The Morgan fingerprint density at radius 1 is 0.686 bits per heavy atom. The van der Waals surface area contributed by atoms with Crippen molar-refractivity contribution >= 4 is 27.8 Å². The van der Waals surface area contributed by atoms with Crippen LogP contribution in [0, 0.1) is 0 Å². The molecular weight excluding hydrogens is 424 g/mol. The van der Waals surface area contributed by atoms with E-state index in [1.807, 2.05) is 55.6 Å². The molecule has 2 heteroatoms. The molecule has 0 saturated carbocycles. The van der Waals surface area contributed by atoms with Gasteiger partial charge in [0.1, 0.15) is 0 Å². The van der Waals surface area contributed by atoms with E-state index in [2.05, 4.69) is 90.4 Å². The van der Waals surface area contributed by atoms with E-state index in [1.54, 1.807) is 0 Å². The Morgan fingerprint density at radius 2 is 1.31 bits per heavy atom. The molecule has 0 fully saturated rings. The van der Waals surface area contributed by atoms with Gasteiger partial charge in [-0.15, -0.1) is 0 Å². The van der Waals surface area contributed by atoms with Crippen LogP contribution in [0.4, 0.5) is 0 Å². The third-order valence-electron chi connectivity index (χ3n) is 6.06. The number of fused-ring (bicyclic) bond motifs is 1. The highest BCUT2D eigenvalue weighted by molar-refractivity contribution is 6.03. The Bertz CT molecular complexity index is 1520. The smallest absolute Gasteiger partial charge is 0.0780 e. The van der Waals surface area contributed by atoms with Gasteiger partial charge in [0.2, 0.25) is 0 Å². The molecule has 0 unspecified atom stereocenters. The Hall–Kier alpha value is -4.56. The molecule has 5 aromatic rings. The average Bonchev–Trinajstić information content (AvgIpc) is 2.93. The Kier molecular flexibility index (Phi) is 6.45. The molecule has 4 aromatic carbocycles. The maximum absolute atomic E-state index is 5.04. The summed E-state index contributed by atoms with van der Waals surface area (Å²) >= 11 is 0. The highest BCUT2D eigenvalue weighted by atomic mass is 14.8. The fraction of sp³-hybridized carbons (Fsp3) is 0.0303. The lowest BCUT2D eigenvalue weighted by Gasteiger charge is -2.09. The van der Waals surface area contributed by atoms with Gasteiger partial charge in [-0.25, -0.2) is 0 Å². The molecule has 35 heavy (non-hydrogen) atoms. The number of benzene rings is 4. The van der Waals surface area contributed by atoms with Gasteiger partial charge in [0.05, 0.1) is 11.4 Å². The minimum atomic E-state index is 0.886. The quantitative estimate of drug-likeness (QED) is 0.188. The monoisotopic (exact) mass is 450 g/mol. The third kappa shape index (κ3) is 5.02. The summed E-state index contributed by atoms with van der Waals surface area (Å²) in [5, 5.41) is 2.34. The first-order valence-corrected chi connectivity index (χ1v) is 11.7. The highest BCUT2D eigenvalue weighted by Crippen LogP contribution is 2.27. The zero-order valence-electron chi connectivity index (χ0n) is 19.7. The number of aromatic nitrogens is 1. The summed E-state index contributed by atoms with van der Waals surface area (Å²) in [5.41, 5.74) is 8.05. The predicted molar refractivity (Wildman–Crippen MR) is 149 cm³/mol. The summed E-state index contributed by atoms with van der Waals surface area (Å²) < 4.78 is 0. The van der Waals surface area contributed by atoms with Crippen molar-refractivity contribution < 1.29 is 0 Å². The second kappa shape index (κ2) is 10.1. The Labute approximate surface area is 206 Å². The fourth-order valence-corrected chi connectivity index (χ4v) is 4.15. The van der Waals surface area contributed by atoms with Crippen molar-refractivity contribution in [2.75, 3.05) is 0 Å². The molecule has 0 radical (unpaired) electrons. The van der Waals surface area contributed by atoms with Gasteiger partial charge in [0.15, 0.2) is 0 Å². The van der Waals surface area contributed by atoms with Crippen molar-refractivity contribution in [1.29, 1.82) is 0 Å². The molecule has 0 N–H and O–H groups in total. The summed E-state index contributed by atoms with van der Waals surface area (Å²) in [6.07, 6.45) is 3.93. The highest BCUT2D eigenvalue weighted by Gasteiger charge is 2.08. The van der Waals surface area contributed by atoms with Gasteiger partial charge in [-0.2, -0.15) is 0 Å². The average molecular weight is 451 g/mol. The predicted octanol–water partition coefficient (Wildman–Crippen LogP) is 8.47. The van der Waals surface area contributed by atoms with Gasteiger partial charge in [0, 0.05) is 28.4 Å².